The van der Waals surface area contributed by atoms with Crippen molar-refractivity contribution in [2.24, 2.45) is 0 Å². The third-order valence-corrected chi connectivity index (χ3v) is 2.52. The predicted octanol–water partition coefficient (Wildman–Crippen LogP) is 2.66. The Morgan fingerprint density at radius 2 is 1.77 bits per heavy atom. The lowest BCUT2D eigenvalue weighted by atomic mass is 10.1. The second kappa shape index (κ2) is 2.46. The lowest BCUT2D eigenvalue weighted by Crippen LogP contribution is -1.77. The second-order valence-electron chi connectivity index (χ2n) is 3.28. The van der Waals surface area contributed by atoms with Crippen molar-refractivity contribution in [1.82, 2.24) is 0 Å². The zero-order valence-corrected chi connectivity index (χ0v) is 7.09. The maximum Gasteiger partial charge on any atom is -0.00132 e. The summed E-state index contributed by atoms with van der Waals surface area (Å²) in [7, 11) is 0. The van der Waals surface area contributed by atoms with Gasteiger partial charge in [0.05, 0.1) is 0 Å². The fraction of sp³-hybridized carbons (Fsp3) is 0.0769. The average Bonchev–Trinajstić information content (AvgIpc) is 2.56. The number of benzene rings is 2. The average molecular weight is 163 g/mol. The van der Waals surface area contributed by atoms with Crippen LogP contribution in [0.2, 0.25) is 0 Å². The first kappa shape index (κ1) is 6.90. The molecule has 0 bridgehead atoms. The number of fused-ring (bicyclic) bond motifs is 3. The van der Waals surface area contributed by atoms with Crippen molar-refractivity contribution in [2.75, 3.05) is 0 Å². The molecule has 2 aromatic carbocycles. The molecular formula is C13H7. The molecular weight excluding hydrogens is 156 g/mol. The second-order valence-corrected chi connectivity index (χ2v) is 3.28. The van der Waals surface area contributed by atoms with E-state index < -0.39 is 0 Å². The van der Waals surface area contributed by atoms with Crippen LogP contribution >= 0.6 is 0 Å². The molecule has 0 aromatic heterocycles. The van der Waals surface area contributed by atoms with Crippen LogP contribution in [-0.2, 0) is 6.42 Å². The van der Waals surface area contributed by atoms with Crippen molar-refractivity contribution < 1.29 is 0 Å². The van der Waals surface area contributed by atoms with Crippen LogP contribution in [0.3, 0.4) is 0 Å². The first-order valence-corrected chi connectivity index (χ1v) is 4.35. The number of hydrogen-bond donors (Lipinski definition) is 0. The molecule has 0 aliphatic heterocycles. The molecule has 0 unspecified atom stereocenters. The summed E-state index contributed by atoms with van der Waals surface area (Å²) in [6, 6.07) is 19.3. The topological polar surface area (TPSA) is 0 Å². The third-order valence-electron chi connectivity index (χ3n) is 2.52. The Hall–Kier alpha value is -1.56. The molecule has 3 radical (unpaired) electrons. The Bertz CT molecular complexity index is 412. The predicted molar refractivity (Wildman–Crippen MR) is 51.2 cm³/mol. The van der Waals surface area contributed by atoms with Gasteiger partial charge in [-0.3, -0.25) is 0 Å². The maximum absolute atomic E-state index is 3.11. The van der Waals surface area contributed by atoms with Crippen LogP contribution in [0.25, 0.3) is 11.1 Å². The molecule has 0 amide bonds. The Morgan fingerprint density at radius 1 is 0.923 bits per heavy atom. The molecule has 59 valence electrons. The van der Waals surface area contributed by atoms with Crippen molar-refractivity contribution in [3.63, 3.8) is 0 Å². The van der Waals surface area contributed by atoms with Gasteiger partial charge in [-0.05, 0) is 65.1 Å². The molecule has 0 saturated carbocycles. The highest BCUT2D eigenvalue weighted by Crippen LogP contribution is 2.35. The Kier molecular flexibility index (Phi) is 1.31. The van der Waals surface area contributed by atoms with E-state index in [2.05, 4.69) is 30.3 Å². The molecule has 0 spiro atoms. The fourth-order valence-electron chi connectivity index (χ4n) is 1.88. The zero-order valence-electron chi connectivity index (χ0n) is 7.09. The van der Waals surface area contributed by atoms with Gasteiger partial charge in [-0.25, -0.2) is 0 Å². The van der Waals surface area contributed by atoms with Gasteiger partial charge in [0, 0.05) is 0 Å². The van der Waals surface area contributed by atoms with E-state index in [1.165, 1.54) is 22.3 Å². The molecule has 13 heavy (non-hydrogen) atoms. The van der Waals surface area contributed by atoms with Crippen molar-refractivity contribution in [2.45, 2.75) is 6.42 Å². The van der Waals surface area contributed by atoms with Gasteiger partial charge in [0.25, 0.3) is 0 Å². The van der Waals surface area contributed by atoms with E-state index in [0.717, 1.165) is 6.42 Å². The van der Waals surface area contributed by atoms with E-state index in [1.54, 1.807) is 0 Å². The standard InChI is InChI=1S/C13H7/c1-3-7-12-10(5-1)9-11-6-2-4-8-13(11)12/h1,5-8H,9H2. The minimum absolute atomic E-state index is 1.03. The molecule has 3 rings (SSSR count). The van der Waals surface area contributed by atoms with E-state index in [-0.39, 0.29) is 0 Å². The third kappa shape index (κ3) is 0.919. The van der Waals surface area contributed by atoms with Crippen molar-refractivity contribution in [3.8, 4) is 11.1 Å². The highest BCUT2D eigenvalue weighted by atomic mass is 14.2. The van der Waals surface area contributed by atoms with E-state index in [9.17, 15) is 0 Å². The molecule has 0 fully saturated rings. The molecule has 0 heterocycles. The van der Waals surface area contributed by atoms with Crippen LogP contribution in [0, 0.1) is 18.2 Å². The van der Waals surface area contributed by atoms with Gasteiger partial charge in [-0.2, -0.15) is 0 Å². The minimum atomic E-state index is 1.03. The molecule has 0 saturated heterocycles. The first-order chi connectivity index (χ1) is 6.45. The van der Waals surface area contributed by atoms with Gasteiger partial charge in [-0.15, -0.1) is 0 Å². The Balaban J connectivity index is 2.32. The smallest absolute Gasteiger partial charge is 0.00132 e. The van der Waals surface area contributed by atoms with E-state index in [0.29, 0.717) is 0 Å². The molecule has 2 aromatic rings. The normalized spacial score (nSPS) is 12.3. The summed E-state index contributed by atoms with van der Waals surface area (Å²) in [4.78, 5) is 0. The molecule has 0 atom stereocenters. The van der Waals surface area contributed by atoms with Gasteiger partial charge in [0.15, 0.2) is 0 Å². The van der Waals surface area contributed by atoms with Gasteiger partial charge in [-0.1, -0.05) is 12.1 Å². The lowest BCUT2D eigenvalue weighted by molar-refractivity contribution is 1.26. The monoisotopic (exact) mass is 163 g/mol. The number of rotatable bonds is 0. The van der Waals surface area contributed by atoms with Crippen LogP contribution in [-0.4, -0.2) is 0 Å². The van der Waals surface area contributed by atoms with Crippen molar-refractivity contribution in [3.05, 3.63) is 59.7 Å². The summed E-state index contributed by atoms with van der Waals surface area (Å²) in [5.41, 5.74) is 5.35. The Labute approximate surface area is 77.8 Å². The van der Waals surface area contributed by atoms with Gasteiger partial charge in [0.1, 0.15) is 0 Å². The highest BCUT2D eigenvalue weighted by Gasteiger charge is 2.16. The minimum Gasteiger partial charge on any atom is -0.0575 e. The van der Waals surface area contributed by atoms with Gasteiger partial charge in [0.2, 0.25) is 0 Å². The van der Waals surface area contributed by atoms with E-state index in [4.69, 9.17) is 0 Å². The fourth-order valence-corrected chi connectivity index (χ4v) is 1.88. The molecule has 1 aliphatic carbocycles. The summed E-state index contributed by atoms with van der Waals surface area (Å²) in [5.74, 6) is 0. The zero-order chi connectivity index (χ0) is 8.67. The first-order valence-electron chi connectivity index (χ1n) is 4.35. The Morgan fingerprint density at radius 3 is 2.77 bits per heavy atom. The van der Waals surface area contributed by atoms with Crippen LogP contribution in [0.1, 0.15) is 11.1 Å². The summed E-state index contributed by atoms with van der Waals surface area (Å²) in [6.45, 7) is 0. The molecule has 0 heteroatoms. The lowest BCUT2D eigenvalue weighted by Gasteiger charge is -1.97. The van der Waals surface area contributed by atoms with Crippen molar-refractivity contribution in [1.29, 1.82) is 0 Å². The van der Waals surface area contributed by atoms with E-state index in [1.807, 2.05) is 18.2 Å². The van der Waals surface area contributed by atoms with Crippen LogP contribution in [0.15, 0.2) is 30.3 Å². The quantitative estimate of drug-likeness (QED) is 0.478. The molecule has 0 nitrogen and oxygen atoms in total. The summed E-state index contributed by atoms with van der Waals surface area (Å²) in [6.07, 6.45) is 1.03. The van der Waals surface area contributed by atoms with Gasteiger partial charge >= 0.3 is 0 Å². The molecule has 0 N–H and O–H groups in total. The largest absolute Gasteiger partial charge is 0.0575 e. The van der Waals surface area contributed by atoms with Crippen LogP contribution in [0.4, 0.5) is 0 Å². The van der Waals surface area contributed by atoms with E-state index >= 15 is 0 Å². The SMILES string of the molecule is [c]1[c]cc2c(c1)Cc1cc[c]cc1-2. The number of hydrogen-bond acceptors (Lipinski definition) is 0. The van der Waals surface area contributed by atoms with Crippen molar-refractivity contribution >= 4 is 0 Å². The van der Waals surface area contributed by atoms with Gasteiger partial charge < -0.3 is 0 Å². The van der Waals surface area contributed by atoms with Crippen LogP contribution < -0.4 is 0 Å². The summed E-state index contributed by atoms with van der Waals surface area (Å²) >= 11 is 0. The molecule has 1 aliphatic rings. The maximum atomic E-state index is 3.11. The van der Waals surface area contributed by atoms with Crippen LogP contribution in [0.5, 0.6) is 0 Å². The summed E-state index contributed by atoms with van der Waals surface area (Å²) < 4.78 is 0. The highest BCUT2D eigenvalue weighted by molar-refractivity contribution is 5.76. The summed E-state index contributed by atoms with van der Waals surface area (Å²) in [5, 5.41) is 0.